The van der Waals surface area contributed by atoms with Crippen molar-refractivity contribution in [3.63, 3.8) is 0 Å². The topological polar surface area (TPSA) is 0 Å². The van der Waals surface area contributed by atoms with Crippen LogP contribution in [-0.2, 0) is 0 Å². The first-order chi connectivity index (χ1) is 8.78. The quantitative estimate of drug-likeness (QED) is 0.523. The standard InChI is InChI=1S/C20H40/c1-12-14-19(10,13-2)20(11)15(3)16(4,5)17(6,7)18(20,8)9/h15H,12-14H2,1-11H3. The SMILES string of the molecule is CCCC(C)(CC)C1(C)C(C)C(C)(C)C(C)(C)C1(C)C. The summed E-state index contributed by atoms with van der Waals surface area (Å²) in [5.41, 5.74) is 1.85. The smallest absolute Gasteiger partial charge is 0.0185 e. The van der Waals surface area contributed by atoms with Crippen molar-refractivity contribution >= 4 is 0 Å². The van der Waals surface area contributed by atoms with Crippen molar-refractivity contribution in [2.24, 2.45) is 33.0 Å². The molecule has 3 unspecified atom stereocenters. The molecule has 0 saturated heterocycles. The Bertz CT molecular complexity index is 360. The van der Waals surface area contributed by atoms with Gasteiger partial charge in [0.2, 0.25) is 0 Å². The molecule has 1 aliphatic carbocycles. The zero-order chi connectivity index (χ0) is 16.2. The van der Waals surface area contributed by atoms with E-state index < -0.39 is 0 Å². The third kappa shape index (κ3) is 1.72. The van der Waals surface area contributed by atoms with E-state index in [4.69, 9.17) is 0 Å². The van der Waals surface area contributed by atoms with E-state index in [0.29, 0.717) is 27.1 Å². The van der Waals surface area contributed by atoms with E-state index in [1.165, 1.54) is 19.3 Å². The van der Waals surface area contributed by atoms with Crippen LogP contribution in [0, 0.1) is 33.0 Å². The molecule has 0 aromatic rings. The summed E-state index contributed by atoms with van der Waals surface area (Å²) >= 11 is 0. The van der Waals surface area contributed by atoms with Crippen LogP contribution in [0.3, 0.4) is 0 Å². The summed E-state index contributed by atoms with van der Waals surface area (Å²) in [5.74, 6) is 0.733. The second kappa shape index (κ2) is 4.75. The summed E-state index contributed by atoms with van der Waals surface area (Å²) in [6.45, 7) is 27.6. The molecule has 0 nitrogen and oxygen atoms in total. The lowest BCUT2D eigenvalue weighted by molar-refractivity contribution is -0.0883. The van der Waals surface area contributed by atoms with E-state index in [0.717, 1.165) is 5.92 Å². The van der Waals surface area contributed by atoms with E-state index in [-0.39, 0.29) is 0 Å². The second-order valence-electron chi connectivity index (χ2n) is 9.56. The average molecular weight is 281 g/mol. The van der Waals surface area contributed by atoms with Crippen LogP contribution in [0.1, 0.15) is 95.4 Å². The minimum Gasteiger partial charge on any atom is -0.0654 e. The zero-order valence-corrected chi connectivity index (χ0v) is 16.2. The van der Waals surface area contributed by atoms with Crippen molar-refractivity contribution in [3.8, 4) is 0 Å². The Morgan fingerprint density at radius 3 is 1.55 bits per heavy atom. The molecule has 0 N–H and O–H groups in total. The van der Waals surface area contributed by atoms with Crippen molar-refractivity contribution in [3.05, 3.63) is 0 Å². The molecule has 1 rings (SSSR count). The molecule has 0 aliphatic heterocycles. The average Bonchev–Trinajstić information content (AvgIpc) is 2.41. The molecule has 0 amide bonds. The molecule has 1 aliphatic rings. The van der Waals surface area contributed by atoms with Gasteiger partial charge in [-0.2, -0.15) is 0 Å². The molecule has 3 atom stereocenters. The van der Waals surface area contributed by atoms with Crippen LogP contribution in [0.2, 0.25) is 0 Å². The molecule has 0 bridgehead atoms. The molecular formula is C20H40. The van der Waals surface area contributed by atoms with Gasteiger partial charge in [0.15, 0.2) is 0 Å². The summed E-state index contributed by atoms with van der Waals surface area (Å²) < 4.78 is 0. The highest BCUT2D eigenvalue weighted by Crippen LogP contribution is 2.77. The van der Waals surface area contributed by atoms with Gasteiger partial charge >= 0.3 is 0 Å². The first-order valence-corrected chi connectivity index (χ1v) is 8.78. The third-order valence-electron chi connectivity index (χ3n) is 9.26. The van der Waals surface area contributed by atoms with Gasteiger partial charge < -0.3 is 0 Å². The maximum atomic E-state index is 2.60. The molecule has 1 fully saturated rings. The Balaban J connectivity index is 3.57. The highest BCUT2D eigenvalue weighted by Gasteiger charge is 2.71. The lowest BCUT2D eigenvalue weighted by Crippen LogP contribution is -2.50. The van der Waals surface area contributed by atoms with Gasteiger partial charge in [-0.15, -0.1) is 0 Å². The lowest BCUT2D eigenvalue weighted by atomic mass is 9.47. The first kappa shape index (κ1) is 18.1. The minimum atomic E-state index is 0.336. The largest absolute Gasteiger partial charge is 0.0654 e. The summed E-state index contributed by atoms with van der Waals surface area (Å²) in [6.07, 6.45) is 3.93. The fourth-order valence-corrected chi connectivity index (χ4v) is 5.89. The Kier molecular flexibility index (Phi) is 4.29. The van der Waals surface area contributed by atoms with Crippen molar-refractivity contribution in [2.75, 3.05) is 0 Å². The Morgan fingerprint density at radius 1 is 0.850 bits per heavy atom. The molecule has 1 saturated carbocycles. The van der Waals surface area contributed by atoms with E-state index in [1.807, 2.05) is 0 Å². The van der Waals surface area contributed by atoms with E-state index in [1.54, 1.807) is 0 Å². The lowest BCUT2D eigenvalue weighted by Gasteiger charge is -2.57. The number of rotatable bonds is 4. The van der Waals surface area contributed by atoms with Crippen LogP contribution in [0.15, 0.2) is 0 Å². The Hall–Kier alpha value is 0. The van der Waals surface area contributed by atoms with Crippen molar-refractivity contribution in [2.45, 2.75) is 95.4 Å². The summed E-state index contributed by atoms with van der Waals surface area (Å²) in [5, 5.41) is 0. The van der Waals surface area contributed by atoms with Crippen LogP contribution >= 0.6 is 0 Å². The molecule has 0 spiro atoms. The van der Waals surface area contributed by atoms with Crippen molar-refractivity contribution < 1.29 is 0 Å². The van der Waals surface area contributed by atoms with E-state index in [9.17, 15) is 0 Å². The van der Waals surface area contributed by atoms with Gasteiger partial charge in [-0.05, 0) is 39.4 Å². The van der Waals surface area contributed by atoms with Crippen molar-refractivity contribution in [1.29, 1.82) is 0 Å². The molecule has 0 aromatic heterocycles. The fourth-order valence-electron chi connectivity index (χ4n) is 5.89. The van der Waals surface area contributed by atoms with Gasteiger partial charge in [0.1, 0.15) is 0 Å². The fraction of sp³-hybridized carbons (Fsp3) is 1.00. The van der Waals surface area contributed by atoms with Crippen LogP contribution in [0.4, 0.5) is 0 Å². The molecule has 0 aromatic carbocycles. The van der Waals surface area contributed by atoms with Gasteiger partial charge in [0.25, 0.3) is 0 Å². The van der Waals surface area contributed by atoms with Crippen LogP contribution in [0.25, 0.3) is 0 Å². The number of hydrogen-bond acceptors (Lipinski definition) is 0. The summed E-state index contributed by atoms with van der Waals surface area (Å²) in [4.78, 5) is 0. The van der Waals surface area contributed by atoms with Gasteiger partial charge in [0, 0.05) is 0 Å². The highest BCUT2D eigenvalue weighted by molar-refractivity contribution is 5.19. The normalized spacial score (nSPS) is 37.6. The molecule has 120 valence electrons. The Labute approximate surface area is 129 Å². The van der Waals surface area contributed by atoms with Gasteiger partial charge in [-0.1, -0.05) is 89.0 Å². The molecule has 0 heteroatoms. The second-order valence-corrected chi connectivity index (χ2v) is 9.56. The van der Waals surface area contributed by atoms with Crippen LogP contribution in [0.5, 0.6) is 0 Å². The molecule has 0 radical (unpaired) electrons. The predicted octanol–water partition coefficient (Wildman–Crippen LogP) is 6.94. The summed E-state index contributed by atoms with van der Waals surface area (Å²) in [7, 11) is 0. The predicted molar refractivity (Wildman–Crippen MR) is 91.9 cm³/mol. The van der Waals surface area contributed by atoms with Crippen LogP contribution < -0.4 is 0 Å². The Morgan fingerprint density at radius 2 is 1.30 bits per heavy atom. The molecule has 0 heterocycles. The molecular weight excluding hydrogens is 240 g/mol. The van der Waals surface area contributed by atoms with Gasteiger partial charge in [0.05, 0.1) is 0 Å². The van der Waals surface area contributed by atoms with Gasteiger partial charge in [-0.25, -0.2) is 0 Å². The monoisotopic (exact) mass is 280 g/mol. The number of hydrogen-bond donors (Lipinski definition) is 0. The summed E-state index contributed by atoms with van der Waals surface area (Å²) in [6, 6.07) is 0. The van der Waals surface area contributed by atoms with Gasteiger partial charge in [-0.3, -0.25) is 0 Å². The third-order valence-corrected chi connectivity index (χ3v) is 9.26. The van der Waals surface area contributed by atoms with Crippen LogP contribution in [-0.4, -0.2) is 0 Å². The van der Waals surface area contributed by atoms with E-state index in [2.05, 4.69) is 76.2 Å². The maximum Gasteiger partial charge on any atom is -0.0185 e. The van der Waals surface area contributed by atoms with Crippen molar-refractivity contribution in [1.82, 2.24) is 0 Å². The minimum absolute atomic E-state index is 0.336. The molecule has 20 heavy (non-hydrogen) atoms. The zero-order valence-electron chi connectivity index (χ0n) is 16.2. The maximum absolute atomic E-state index is 2.60. The van der Waals surface area contributed by atoms with E-state index >= 15 is 0 Å². The highest BCUT2D eigenvalue weighted by atomic mass is 14.8. The first-order valence-electron chi connectivity index (χ1n) is 8.78.